The van der Waals surface area contributed by atoms with Gasteiger partial charge in [0.15, 0.2) is 11.5 Å². The van der Waals surface area contributed by atoms with Crippen LogP contribution in [0.15, 0.2) is 36.4 Å². The Bertz CT molecular complexity index is 1100. The molecule has 0 aromatic heterocycles. The number of methoxy groups -OCH3 is 3. The molecule has 0 saturated heterocycles. The SMILES string of the molecule is CCOc1ccc(N([C@H](C)C(=O)Nc2cc(OC)c(OC)cc2C(=O)OC)S(C)(=O)=O)cc1. The van der Waals surface area contributed by atoms with Crippen LogP contribution in [0.4, 0.5) is 11.4 Å². The Kier molecular flexibility index (Phi) is 8.52. The van der Waals surface area contributed by atoms with Gasteiger partial charge in [0.1, 0.15) is 11.8 Å². The van der Waals surface area contributed by atoms with Gasteiger partial charge in [0.05, 0.1) is 51.1 Å². The molecule has 0 heterocycles. The minimum Gasteiger partial charge on any atom is -0.494 e. The summed E-state index contributed by atoms with van der Waals surface area (Å²) >= 11 is 0. The molecule has 2 rings (SSSR count). The van der Waals surface area contributed by atoms with Crippen LogP contribution in [0.25, 0.3) is 0 Å². The number of anilines is 2. The number of carbonyl (C=O) groups is 2. The van der Waals surface area contributed by atoms with E-state index in [1.54, 1.807) is 24.3 Å². The van der Waals surface area contributed by atoms with Crippen molar-refractivity contribution in [2.45, 2.75) is 19.9 Å². The first kappa shape index (κ1) is 25.8. The summed E-state index contributed by atoms with van der Waals surface area (Å²) in [5, 5.41) is 2.60. The molecule has 33 heavy (non-hydrogen) atoms. The third-order valence-corrected chi connectivity index (χ3v) is 5.92. The number of rotatable bonds is 10. The maximum atomic E-state index is 13.1. The zero-order chi connectivity index (χ0) is 24.8. The van der Waals surface area contributed by atoms with E-state index in [9.17, 15) is 18.0 Å². The van der Waals surface area contributed by atoms with Crippen LogP contribution >= 0.6 is 0 Å². The molecule has 2 aromatic carbocycles. The van der Waals surface area contributed by atoms with Crippen molar-refractivity contribution in [1.29, 1.82) is 0 Å². The number of carbonyl (C=O) groups excluding carboxylic acids is 2. The van der Waals surface area contributed by atoms with Gasteiger partial charge in [-0.2, -0.15) is 0 Å². The molecule has 2 aromatic rings. The van der Waals surface area contributed by atoms with E-state index in [1.165, 1.54) is 40.4 Å². The average Bonchev–Trinajstić information content (AvgIpc) is 2.78. The monoisotopic (exact) mass is 480 g/mol. The minimum atomic E-state index is -3.84. The topological polar surface area (TPSA) is 120 Å². The number of nitrogens with zero attached hydrogens (tertiary/aromatic N) is 1. The first-order chi connectivity index (χ1) is 15.6. The zero-order valence-corrected chi connectivity index (χ0v) is 20.2. The van der Waals surface area contributed by atoms with Crippen molar-refractivity contribution in [2.75, 3.05) is 43.8 Å². The Morgan fingerprint density at radius 2 is 1.61 bits per heavy atom. The third kappa shape index (κ3) is 6.07. The molecule has 0 aliphatic rings. The number of amides is 1. The van der Waals surface area contributed by atoms with Crippen LogP contribution in [0.3, 0.4) is 0 Å². The van der Waals surface area contributed by atoms with Gasteiger partial charge in [-0.1, -0.05) is 0 Å². The van der Waals surface area contributed by atoms with Crippen molar-refractivity contribution in [3.63, 3.8) is 0 Å². The summed E-state index contributed by atoms with van der Waals surface area (Å²) < 4.78 is 46.7. The first-order valence-electron chi connectivity index (χ1n) is 9.94. The predicted molar refractivity (Wildman–Crippen MR) is 124 cm³/mol. The average molecular weight is 481 g/mol. The van der Waals surface area contributed by atoms with Gasteiger partial charge in [-0.05, 0) is 38.1 Å². The quantitative estimate of drug-likeness (QED) is 0.516. The number of ether oxygens (including phenoxy) is 4. The number of hydrogen-bond donors (Lipinski definition) is 1. The van der Waals surface area contributed by atoms with E-state index in [-0.39, 0.29) is 28.4 Å². The summed E-state index contributed by atoms with van der Waals surface area (Å²) in [7, 11) is 0.167. The zero-order valence-electron chi connectivity index (χ0n) is 19.4. The second kappa shape index (κ2) is 10.9. The largest absolute Gasteiger partial charge is 0.494 e. The van der Waals surface area contributed by atoms with Gasteiger partial charge < -0.3 is 24.3 Å². The van der Waals surface area contributed by atoms with E-state index >= 15 is 0 Å². The fraction of sp³-hybridized carbons (Fsp3) is 0.364. The molecule has 0 spiro atoms. The fourth-order valence-electron chi connectivity index (χ4n) is 3.16. The van der Waals surface area contributed by atoms with Crippen molar-refractivity contribution < 1.29 is 37.0 Å². The second-order valence-corrected chi connectivity index (χ2v) is 8.75. The summed E-state index contributed by atoms with van der Waals surface area (Å²) in [5.74, 6) is -0.299. The van der Waals surface area contributed by atoms with E-state index in [4.69, 9.17) is 18.9 Å². The third-order valence-electron chi connectivity index (χ3n) is 4.68. The molecule has 1 atom stereocenters. The van der Waals surface area contributed by atoms with Crippen molar-refractivity contribution >= 4 is 33.3 Å². The summed E-state index contributed by atoms with van der Waals surface area (Å²) in [6.07, 6.45) is 1.00. The number of hydrogen-bond acceptors (Lipinski definition) is 8. The highest BCUT2D eigenvalue weighted by atomic mass is 32.2. The lowest BCUT2D eigenvalue weighted by Crippen LogP contribution is -2.45. The van der Waals surface area contributed by atoms with Crippen LogP contribution in [0.2, 0.25) is 0 Å². The van der Waals surface area contributed by atoms with Crippen LogP contribution < -0.4 is 23.8 Å². The minimum absolute atomic E-state index is 0.0164. The molecule has 180 valence electrons. The van der Waals surface area contributed by atoms with Crippen LogP contribution in [0.5, 0.6) is 17.2 Å². The van der Waals surface area contributed by atoms with Gasteiger partial charge in [-0.25, -0.2) is 13.2 Å². The van der Waals surface area contributed by atoms with Crippen LogP contribution in [0, 0.1) is 0 Å². The van der Waals surface area contributed by atoms with Crippen LogP contribution in [-0.2, 0) is 19.6 Å². The van der Waals surface area contributed by atoms with E-state index in [2.05, 4.69) is 5.32 Å². The van der Waals surface area contributed by atoms with Crippen molar-refractivity contribution in [3.8, 4) is 17.2 Å². The molecule has 10 nitrogen and oxygen atoms in total. The number of benzene rings is 2. The van der Waals surface area contributed by atoms with Crippen molar-refractivity contribution in [1.82, 2.24) is 0 Å². The predicted octanol–water partition coefficient (Wildman–Crippen LogP) is 2.68. The maximum Gasteiger partial charge on any atom is 0.340 e. The second-order valence-electron chi connectivity index (χ2n) is 6.90. The van der Waals surface area contributed by atoms with Crippen LogP contribution in [-0.4, -0.2) is 60.5 Å². The highest BCUT2D eigenvalue weighted by Gasteiger charge is 2.30. The van der Waals surface area contributed by atoms with Gasteiger partial charge in [-0.15, -0.1) is 0 Å². The molecule has 0 bridgehead atoms. The van der Waals surface area contributed by atoms with Crippen molar-refractivity contribution in [2.24, 2.45) is 0 Å². The Morgan fingerprint density at radius 3 is 2.09 bits per heavy atom. The molecular formula is C22H28N2O8S. The first-order valence-corrected chi connectivity index (χ1v) is 11.8. The lowest BCUT2D eigenvalue weighted by molar-refractivity contribution is -0.116. The summed E-state index contributed by atoms with van der Waals surface area (Å²) in [6.45, 7) is 3.73. The summed E-state index contributed by atoms with van der Waals surface area (Å²) in [6, 6.07) is 7.94. The Labute approximate surface area is 193 Å². The Balaban J connectivity index is 2.43. The molecule has 1 amide bonds. The van der Waals surface area contributed by atoms with E-state index < -0.39 is 27.9 Å². The lowest BCUT2D eigenvalue weighted by Gasteiger charge is -2.28. The number of sulfonamides is 1. The fourth-order valence-corrected chi connectivity index (χ4v) is 4.34. The van der Waals surface area contributed by atoms with E-state index in [1.807, 2.05) is 6.92 Å². The normalized spacial score (nSPS) is 11.8. The Morgan fingerprint density at radius 1 is 1.03 bits per heavy atom. The molecule has 0 fully saturated rings. The standard InChI is InChI=1S/C22H28N2O8S/c1-7-32-16-10-8-15(9-11-16)24(33(6,27)28)14(2)21(25)23-18-13-20(30-4)19(29-3)12-17(18)22(26)31-5/h8-14H,7H2,1-6H3,(H,23,25)/t14-/m1/s1. The molecule has 0 unspecified atom stereocenters. The highest BCUT2D eigenvalue weighted by Crippen LogP contribution is 2.34. The van der Waals surface area contributed by atoms with Gasteiger partial charge in [0.25, 0.3) is 0 Å². The van der Waals surface area contributed by atoms with Gasteiger partial charge in [0.2, 0.25) is 15.9 Å². The molecule has 0 aliphatic carbocycles. The van der Waals surface area contributed by atoms with Gasteiger partial charge >= 0.3 is 5.97 Å². The molecule has 1 N–H and O–H groups in total. The van der Waals surface area contributed by atoms with Gasteiger partial charge in [0, 0.05) is 12.1 Å². The maximum absolute atomic E-state index is 13.1. The molecule has 11 heteroatoms. The van der Waals surface area contributed by atoms with E-state index in [0.717, 1.165) is 10.6 Å². The molecule has 0 radical (unpaired) electrons. The number of nitrogens with one attached hydrogen (secondary N) is 1. The molecular weight excluding hydrogens is 452 g/mol. The molecule has 0 aliphatic heterocycles. The van der Waals surface area contributed by atoms with Crippen molar-refractivity contribution in [3.05, 3.63) is 42.0 Å². The lowest BCUT2D eigenvalue weighted by atomic mass is 10.1. The number of esters is 1. The summed E-state index contributed by atoms with van der Waals surface area (Å²) in [4.78, 5) is 25.4. The van der Waals surface area contributed by atoms with Crippen LogP contribution in [0.1, 0.15) is 24.2 Å². The van der Waals surface area contributed by atoms with Gasteiger partial charge in [-0.3, -0.25) is 9.10 Å². The Hall–Kier alpha value is -3.47. The summed E-state index contributed by atoms with van der Waals surface area (Å²) in [5.41, 5.74) is 0.378. The van der Waals surface area contributed by atoms with E-state index in [0.29, 0.717) is 12.4 Å². The molecule has 0 saturated carbocycles. The smallest absolute Gasteiger partial charge is 0.340 e. The highest BCUT2D eigenvalue weighted by molar-refractivity contribution is 7.92.